The number of rotatable bonds is 23. The Balaban J connectivity index is 1.01. The summed E-state index contributed by atoms with van der Waals surface area (Å²) in [5, 5.41) is 9.27. The summed E-state index contributed by atoms with van der Waals surface area (Å²) in [5.74, 6) is 1.15. The standard InChI is InChI=1S/C30H51N5O8S/c1-24(36)5-4-10-34-11-13-35(14-12-34)28(38)8-15-40-17-19-42-21-22-43-20-18-41-16-9-31-27(37)7-3-2-6-26-29-25(23-44-26)32-30(39)33-29/h4-5,25-26,29H,2-3,6-23H2,1H3,(H,31,37)(H2,32,33,39)/b5-4+/t25?,26-,29?/m0/s1. The number of hydrogen-bond donors (Lipinski definition) is 3. The molecule has 3 heterocycles. The van der Waals surface area contributed by atoms with E-state index in [1.807, 2.05) is 22.7 Å². The fourth-order valence-electron chi connectivity index (χ4n) is 5.25. The Labute approximate surface area is 265 Å². The highest BCUT2D eigenvalue weighted by Crippen LogP contribution is 2.33. The smallest absolute Gasteiger partial charge is 0.315 e. The quantitative estimate of drug-likeness (QED) is 0.0822. The molecular weight excluding hydrogens is 590 g/mol. The maximum Gasteiger partial charge on any atom is 0.315 e. The number of thioether (sulfide) groups is 1. The van der Waals surface area contributed by atoms with Crippen LogP contribution in [-0.4, -0.2) is 149 Å². The summed E-state index contributed by atoms with van der Waals surface area (Å²) in [6, 6.07) is 0.402. The first-order valence-corrected chi connectivity index (χ1v) is 16.9. The number of amides is 4. The van der Waals surface area contributed by atoms with E-state index in [2.05, 4.69) is 20.9 Å². The summed E-state index contributed by atoms with van der Waals surface area (Å²) in [7, 11) is 0. The number of piperazine rings is 1. The number of hydrogen-bond acceptors (Lipinski definition) is 10. The third-order valence-electron chi connectivity index (χ3n) is 7.67. The van der Waals surface area contributed by atoms with Gasteiger partial charge in [-0.1, -0.05) is 12.5 Å². The molecular formula is C30H51N5O8S. The van der Waals surface area contributed by atoms with Gasteiger partial charge in [0, 0.05) is 56.7 Å². The molecule has 0 spiro atoms. The molecule has 13 nitrogen and oxygen atoms in total. The molecule has 3 aliphatic rings. The van der Waals surface area contributed by atoms with E-state index in [1.54, 1.807) is 6.08 Å². The van der Waals surface area contributed by atoms with Gasteiger partial charge in [0.25, 0.3) is 0 Å². The van der Waals surface area contributed by atoms with E-state index in [9.17, 15) is 19.2 Å². The van der Waals surface area contributed by atoms with Crippen molar-refractivity contribution in [3.8, 4) is 0 Å². The molecule has 0 saturated carbocycles. The second-order valence-electron chi connectivity index (χ2n) is 11.1. The van der Waals surface area contributed by atoms with Crippen LogP contribution < -0.4 is 16.0 Å². The van der Waals surface area contributed by atoms with Gasteiger partial charge in [-0.25, -0.2) is 4.79 Å². The van der Waals surface area contributed by atoms with Crippen molar-refractivity contribution in [2.75, 3.05) is 97.9 Å². The van der Waals surface area contributed by atoms with E-state index in [0.717, 1.165) is 44.6 Å². The minimum atomic E-state index is -0.0626. The Morgan fingerprint density at radius 2 is 1.55 bits per heavy atom. The van der Waals surface area contributed by atoms with Gasteiger partial charge >= 0.3 is 6.03 Å². The molecule has 250 valence electrons. The monoisotopic (exact) mass is 641 g/mol. The molecule has 4 amide bonds. The number of nitrogens with one attached hydrogen (secondary N) is 3. The van der Waals surface area contributed by atoms with Gasteiger partial charge in [0.2, 0.25) is 11.8 Å². The van der Waals surface area contributed by atoms with Gasteiger partial charge in [0.15, 0.2) is 5.78 Å². The molecule has 0 radical (unpaired) electrons. The number of carbonyl (C=O) groups excluding carboxylic acids is 4. The topological polar surface area (TPSA) is 148 Å². The van der Waals surface area contributed by atoms with Crippen LogP contribution >= 0.6 is 11.8 Å². The number of urea groups is 1. The number of allylic oxidation sites excluding steroid dienone is 1. The zero-order valence-corrected chi connectivity index (χ0v) is 26.9. The van der Waals surface area contributed by atoms with Crippen molar-refractivity contribution in [3.63, 3.8) is 0 Å². The lowest BCUT2D eigenvalue weighted by atomic mass is 10.0. The van der Waals surface area contributed by atoms with Gasteiger partial charge in [0.05, 0.1) is 71.4 Å². The summed E-state index contributed by atoms with van der Waals surface area (Å²) in [6.45, 7) is 9.25. The first-order valence-electron chi connectivity index (χ1n) is 15.9. The van der Waals surface area contributed by atoms with E-state index >= 15 is 0 Å². The van der Waals surface area contributed by atoms with Crippen LogP contribution in [-0.2, 0) is 33.3 Å². The van der Waals surface area contributed by atoms with Crippen LogP contribution in [0.1, 0.15) is 39.0 Å². The normalized spacial score (nSPS) is 21.8. The highest BCUT2D eigenvalue weighted by Gasteiger charge is 2.42. The fourth-order valence-corrected chi connectivity index (χ4v) is 6.80. The predicted octanol–water partition coefficient (Wildman–Crippen LogP) is 0.574. The lowest BCUT2D eigenvalue weighted by Gasteiger charge is -2.34. The molecule has 14 heteroatoms. The molecule has 0 aromatic rings. The Hall–Kier alpha value is -2.23. The first kappa shape index (κ1) is 36.2. The third-order valence-corrected chi connectivity index (χ3v) is 9.18. The third kappa shape index (κ3) is 14.7. The number of nitrogens with zero attached hydrogens (tertiary/aromatic N) is 2. The molecule has 3 saturated heterocycles. The Morgan fingerprint density at radius 1 is 0.886 bits per heavy atom. The number of ether oxygens (including phenoxy) is 4. The average molecular weight is 642 g/mol. The van der Waals surface area contributed by atoms with Crippen molar-refractivity contribution in [2.45, 2.75) is 56.4 Å². The van der Waals surface area contributed by atoms with E-state index in [1.165, 1.54) is 6.92 Å². The summed E-state index contributed by atoms with van der Waals surface area (Å²) < 4.78 is 22.0. The Kier molecular flexibility index (Phi) is 17.7. The molecule has 3 aliphatic heterocycles. The average Bonchev–Trinajstić information content (AvgIpc) is 3.56. The molecule has 0 aliphatic carbocycles. The van der Waals surface area contributed by atoms with Crippen LogP contribution in [0.5, 0.6) is 0 Å². The summed E-state index contributed by atoms with van der Waals surface area (Å²) in [6.07, 6.45) is 7.14. The van der Waals surface area contributed by atoms with Crippen molar-refractivity contribution < 1.29 is 38.1 Å². The van der Waals surface area contributed by atoms with E-state index in [-0.39, 0.29) is 35.7 Å². The van der Waals surface area contributed by atoms with E-state index in [4.69, 9.17) is 18.9 Å². The van der Waals surface area contributed by atoms with Crippen molar-refractivity contribution >= 4 is 35.4 Å². The minimum Gasteiger partial charge on any atom is -0.379 e. The van der Waals surface area contributed by atoms with Crippen LogP contribution in [0.3, 0.4) is 0 Å². The van der Waals surface area contributed by atoms with Crippen LogP contribution in [0.4, 0.5) is 4.79 Å². The molecule has 3 fully saturated rings. The summed E-state index contributed by atoms with van der Waals surface area (Å²) in [5.41, 5.74) is 0. The van der Waals surface area contributed by atoms with Crippen molar-refractivity contribution in [1.82, 2.24) is 25.8 Å². The maximum absolute atomic E-state index is 12.4. The highest BCUT2D eigenvalue weighted by molar-refractivity contribution is 8.00. The number of fused-ring (bicyclic) bond motifs is 1. The van der Waals surface area contributed by atoms with E-state index < -0.39 is 0 Å². The Bertz CT molecular complexity index is 918. The molecule has 3 rings (SSSR count). The van der Waals surface area contributed by atoms with Crippen LogP contribution in [0.25, 0.3) is 0 Å². The molecule has 3 atom stereocenters. The molecule has 3 N–H and O–H groups in total. The predicted molar refractivity (Wildman–Crippen MR) is 168 cm³/mol. The van der Waals surface area contributed by atoms with Gasteiger partial charge in [-0.3, -0.25) is 19.3 Å². The largest absolute Gasteiger partial charge is 0.379 e. The van der Waals surface area contributed by atoms with Crippen LogP contribution in [0.2, 0.25) is 0 Å². The van der Waals surface area contributed by atoms with Crippen molar-refractivity contribution in [2.24, 2.45) is 0 Å². The van der Waals surface area contributed by atoms with Gasteiger partial charge in [-0.15, -0.1) is 0 Å². The summed E-state index contributed by atoms with van der Waals surface area (Å²) >= 11 is 1.90. The van der Waals surface area contributed by atoms with E-state index in [0.29, 0.717) is 90.6 Å². The molecule has 0 bridgehead atoms. The maximum atomic E-state index is 12.4. The second-order valence-corrected chi connectivity index (χ2v) is 12.4. The number of carbonyl (C=O) groups is 4. The molecule has 0 aromatic heterocycles. The first-order chi connectivity index (χ1) is 21.4. The van der Waals surface area contributed by atoms with Crippen LogP contribution in [0, 0.1) is 0 Å². The zero-order chi connectivity index (χ0) is 31.4. The minimum absolute atomic E-state index is 0.0381. The fraction of sp³-hybridized carbons (Fsp3) is 0.800. The van der Waals surface area contributed by atoms with Gasteiger partial charge in [0.1, 0.15) is 0 Å². The lowest BCUT2D eigenvalue weighted by Crippen LogP contribution is -2.48. The van der Waals surface area contributed by atoms with Gasteiger partial charge in [-0.2, -0.15) is 11.8 Å². The van der Waals surface area contributed by atoms with Crippen LogP contribution in [0.15, 0.2) is 12.2 Å². The second kappa shape index (κ2) is 21.5. The molecule has 44 heavy (non-hydrogen) atoms. The number of unbranched alkanes of at least 4 members (excludes halogenated alkanes) is 1. The zero-order valence-electron chi connectivity index (χ0n) is 26.1. The van der Waals surface area contributed by atoms with Gasteiger partial charge < -0.3 is 39.8 Å². The molecule has 2 unspecified atom stereocenters. The van der Waals surface area contributed by atoms with Crippen molar-refractivity contribution in [1.29, 1.82) is 0 Å². The molecule has 0 aromatic carbocycles. The highest BCUT2D eigenvalue weighted by atomic mass is 32.2. The summed E-state index contributed by atoms with van der Waals surface area (Å²) in [4.78, 5) is 50.9. The lowest BCUT2D eigenvalue weighted by molar-refractivity contribution is -0.134. The SMILES string of the molecule is CC(=O)/C=C/CN1CCN(C(=O)CCOCCOCCOCCOCCNC(=O)CCCC[C@@H]2SCC3NC(=O)NC32)CC1. The van der Waals surface area contributed by atoms with Gasteiger partial charge in [-0.05, 0) is 25.8 Å². The number of ketones is 1. The van der Waals surface area contributed by atoms with Crippen molar-refractivity contribution in [3.05, 3.63) is 12.2 Å². The Morgan fingerprint density at radius 3 is 2.23 bits per heavy atom.